The van der Waals surface area contributed by atoms with Gasteiger partial charge in [-0.05, 0) is 17.7 Å². The zero-order valence-electron chi connectivity index (χ0n) is 10.1. The average molecular weight is 245 g/mol. The third kappa shape index (κ3) is 3.10. The molecule has 0 fully saturated rings. The van der Waals surface area contributed by atoms with Crippen LogP contribution in [0.5, 0.6) is 0 Å². The summed E-state index contributed by atoms with van der Waals surface area (Å²) in [7, 11) is 1.62. The second kappa shape index (κ2) is 5.35. The minimum Gasteiger partial charge on any atom is -0.359 e. The van der Waals surface area contributed by atoms with Crippen LogP contribution in [0.4, 0.5) is 5.69 Å². The summed E-state index contributed by atoms with van der Waals surface area (Å²) in [5.41, 5.74) is 2.63. The topological polar surface area (TPSA) is 70.2 Å². The highest BCUT2D eigenvalue weighted by atomic mass is 16.2. The summed E-state index contributed by atoms with van der Waals surface area (Å²) in [6.45, 7) is 0.512. The van der Waals surface area contributed by atoms with Gasteiger partial charge in [-0.15, -0.1) is 0 Å². The normalized spacial score (nSPS) is 13.8. The number of nitrogens with one attached hydrogen (secondary N) is 3. The van der Waals surface area contributed by atoms with Crippen molar-refractivity contribution in [1.82, 2.24) is 10.6 Å². The molecule has 0 bridgehead atoms. The van der Waals surface area contributed by atoms with E-state index < -0.39 is 0 Å². The molecule has 1 aromatic rings. The zero-order chi connectivity index (χ0) is 13.0. The molecule has 0 radical (unpaired) electrons. The van der Waals surface area contributed by atoms with Gasteiger partial charge < -0.3 is 16.0 Å². The first-order valence-corrected chi connectivity index (χ1v) is 5.72. The Kier molecular flexibility index (Phi) is 3.62. The lowest BCUT2D eigenvalue weighted by atomic mass is 10.1. The van der Waals surface area contributed by atoms with Gasteiger partial charge in [-0.3, -0.25) is 9.59 Å². The first kappa shape index (κ1) is 12.2. The van der Waals surface area contributed by atoms with E-state index in [1.165, 1.54) is 6.08 Å². The molecule has 1 aromatic carbocycles. The van der Waals surface area contributed by atoms with Crippen molar-refractivity contribution in [1.29, 1.82) is 0 Å². The third-order valence-corrected chi connectivity index (χ3v) is 2.63. The summed E-state index contributed by atoms with van der Waals surface area (Å²) < 4.78 is 0. The van der Waals surface area contributed by atoms with Crippen molar-refractivity contribution in [2.45, 2.75) is 6.42 Å². The predicted molar refractivity (Wildman–Crippen MR) is 68.9 cm³/mol. The predicted octanol–water partition coefficient (Wildman–Crippen LogP) is 0.401. The first-order chi connectivity index (χ1) is 8.67. The molecule has 1 aliphatic rings. The Morgan fingerprint density at radius 1 is 1.44 bits per heavy atom. The minimum absolute atomic E-state index is 0.0240. The van der Waals surface area contributed by atoms with Gasteiger partial charge in [0.05, 0.1) is 13.0 Å². The van der Waals surface area contributed by atoms with E-state index in [0.29, 0.717) is 13.0 Å². The maximum absolute atomic E-state index is 11.3. The van der Waals surface area contributed by atoms with E-state index in [1.807, 2.05) is 24.3 Å². The Hall–Kier alpha value is -2.30. The number of carbonyl (C=O) groups is 2. The highest BCUT2D eigenvalue weighted by Gasteiger charge is 2.10. The van der Waals surface area contributed by atoms with Gasteiger partial charge in [-0.2, -0.15) is 0 Å². The van der Waals surface area contributed by atoms with Crippen molar-refractivity contribution >= 4 is 17.5 Å². The molecule has 2 amide bonds. The molecule has 18 heavy (non-hydrogen) atoms. The number of carbonyl (C=O) groups excluding carboxylic acids is 2. The van der Waals surface area contributed by atoms with Gasteiger partial charge in [0.15, 0.2) is 0 Å². The molecule has 2 rings (SSSR count). The van der Waals surface area contributed by atoms with Gasteiger partial charge in [0, 0.05) is 24.5 Å². The molecule has 1 heterocycles. The Bertz CT molecular complexity index is 509. The van der Waals surface area contributed by atoms with E-state index in [1.54, 1.807) is 7.05 Å². The van der Waals surface area contributed by atoms with Crippen molar-refractivity contribution in [3.63, 3.8) is 0 Å². The fraction of sp³-hybridized carbons (Fsp3) is 0.231. The smallest absolute Gasteiger partial charge is 0.246 e. The minimum atomic E-state index is -0.0842. The van der Waals surface area contributed by atoms with Crippen molar-refractivity contribution < 1.29 is 9.59 Å². The lowest BCUT2D eigenvalue weighted by Gasteiger charge is -2.08. The molecule has 0 aliphatic carbocycles. The molecular formula is C13H15N3O2. The van der Waals surface area contributed by atoms with Gasteiger partial charge in [-0.1, -0.05) is 12.1 Å². The fourth-order valence-electron chi connectivity index (χ4n) is 1.74. The van der Waals surface area contributed by atoms with Crippen LogP contribution in [-0.4, -0.2) is 25.4 Å². The quantitative estimate of drug-likeness (QED) is 0.719. The summed E-state index contributed by atoms with van der Waals surface area (Å²) in [5.74, 6) is -0.108. The second-order valence-corrected chi connectivity index (χ2v) is 4.06. The first-order valence-electron chi connectivity index (χ1n) is 5.72. The van der Waals surface area contributed by atoms with E-state index in [0.717, 1.165) is 16.9 Å². The van der Waals surface area contributed by atoms with Crippen molar-refractivity contribution in [3.8, 4) is 0 Å². The van der Waals surface area contributed by atoms with Gasteiger partial charge >= 0.3 is 0 Å². The summed E-state index contributed by atoms with van der Waals surface area (Å²) in [5, 5.41) is 8.42. The van der Waals surface area contributed by atoms with Crippen LogP contribution in [0, 0.1) is 0 Å². The van der Waals surface area contributed by atoms with Crippen LogP contribution in [0.25, 0.3) is 0 Å². The van der Waals surface area contributed by atoms with Crippen LogP contribution in [0.2, 0.25) is 0 Å². The number of anilines is 1. The molecule has 0 spiro atoms. The van der Waals surface area contributed by atoms with E-state index in [-0.39, 0.29) is 11.8 Å². The standard InChI is InChI=1S/C13H15N3O2/c1-14-12(17)6-9-3-2-4-10(5-9)16-11-7-13(18)15-8-11/h2-5,7,16H,6,8H2,1H3,(H,14,17)(H,15,18). The Morgan fingerprint density at radius 3 is 2.94 bits per heavy atom. The molecule has 5 heteroatoms. The number of amides is 2. The van der Waals surface area contributed by atoms with Crippen LogP contribution in [0.15, 0.2) is 36.0 Å². The van der Waals surface area contributed by atoms with Crippen molar-refractivity contribution in [2.24, 2.45) is 0 Å². The third-order valence-electron chi connectivity index (χ3n) is 2.63. The molecule has 0 saturated carbocycles. The van der Waals surface area contributed by atoms with Gasteiger partial charge in [0.1, 0.15) is 0 Å². The molecular weight excluding hydrogens is 230 g/mol. The SMILES string of the molecule is CNC(=O)Cc1cccc(NC2=CC(=O)NC2)c1. The number of hydrogen-bond acceptors (Lipinski definition) is 3. The summed E-state index contributed by atoms with van der Waals surface area (Å²) in [4.78, 5) is 22.3. The van der Waals surface area contributed by atoms with Crippen LogP contribution in [0.3, 0.4) is 0 Å². The number of benzene rings is 1. The second-order valence-electron chi connectivity index (χ2n) is 4.06. The maximum Gasteiger partial charge on any atom is 0.246 e. The number of rotatable bonds is 4. The van der Waals surface area contributed by atoms with E-state index in [2.05, 4.69) is 16.0 Å². The molecule has 3 N–H and O–H groups in total. The Balaban J connectivity index is 2.05. The number of hydrogen-bond donors (Lipinski definition) is 3. The highest BCUT2D eigenvalue weighted by molar-refractivity contribution is 5.91. The number of likely N-dealkylation sites (N-methyl/N-ethyl adjacent to an activating group) is 1. The molecule has 0 unspecified atom stereocenters. The lowest BCUT2D eigenvalue weighted by Crippen LogP contribution is -2.20. The van der Waals surface area contributed by atoms with E-state index in [4.69, 9.17) is 0 Å². The summed E-state index contributed by atoms with van der Waals surface area (Å²) in [6.07, 6.45) is 1.88. The molecule has 5 nitrogen and oxygen atoms in total. The molecule has 0 aromatic heterocycles. The molecule has 94 valence electrons. The summed E-state index contributed by atoms with van der Waals surface area (Å²) >= 11 is 0. The monoisotopic (exact) mass is 245 g/mol. The Morgan fingerprint density at radius 2 is 2.28 bits per heavy atom. The molecule has 0 atom stereocenters. The van der Waals surface area contributed by atoms with Crippen LogP contribution >= 0.6 is 0 Å². The Labute approximate surface area is 105 Å². The fourth-order valence-corrected chi connectivity index (χ4v) is 1.74. The molecule has 0 saturated heterocycles. The van der Waals surface area contributed by atoms with E-state index in [9.17, 15) is 9.59 Å². The highest BCUT2D eigenvalue weighted by Crippen LogP contribution is 2.14. The molecule has 1 aliphatic heterocycles. The van der Waals surface area contributed by atoms with Crippen LogP contribution in [0.1, 0.15) is 5.56 Å². The summed E-state index contributed by atoms with van der Waals surface area (Å²) in [6, 6.07) is 7.58. The van der Waals surface area contributed by atoms with E-state index >= 15 is 0 Å². The average Bonchev–Trinajstić information content (AvgIpc) is 2.75. The largest absolute Gasteiger partial charge is 0.359 e. The van der Waals surface area contributed by atoms with Gasteiger partial charge in [0.2, 0.25) is 11.8 Å². The zero-order valence-corrected chi connectivity index (χ0v) is 10.1. The van der Waals surface area contributed by atoms with Crippen LogP contribution in [-0.2, 0) is 16.0 Å². The maximum atomic E-state index is 11.3. The van der Waals surface area contributed by atoms with Crippen molar-refractivity contribution in [3.05, 3.63) is 41.6 Å². The van der Waals surface area contributed by atoms with Gasteiger partial charge in [0.25, 0.3) is 0 Å². The van der Waals surface area contributed by atoms with Crippen LogP contribution < -0.4 is 16.0 Å². The lowest BCUT2D eigenvalue weighted by molar-refractivity contribution is -0.120. The van der Waals surface area contributed by atoms with Gasteiger partial charge in [-0.25, -0.2) is 0 Å². The van der Waals surface area contributed by atoms with Crippen molar-refractivity contribution in [2.75, 3.05) is 18.9 Å².